The number of hydrogen-bond donors (Lipinski definition) is 2. The molecule has 1 heterocycles. The van der Waals surface area contributed by atoms with E-state index in [4.69, 9.17) is 10.5 Å². The largest absolute Gasteiger partial charge is 0.495 e. The molecule has 2 aromatic rings. The first-order valence-electron chi connectivity index (χ1n) is 5.51. The van der Waals surface area contributed by atoms with Crippen molar-refractivity contribution in [3.63, 3.8) is 0 Å². The highest BCUT2D eigenvalue weighted by molar-refractivity contribution is 7.92. The van der Waals surface area contributed by atoms with E-state index in [0.29, 0.717) is 5.75 Å². The Hall–Kier alpha value is -2.35. The number of nitrogens with one attached hydrogen (secondary N) is 1. The summed E-state index contributed by atoms with van der Waals surface area (Å²) in [4.78, 5) is 3.52. The van der Waals surface area contributed by atoms with Crippen molar-refractivity contribution in [2.75, 3.05) is 17.6 Å². The van der Waals surface area contributed by atoms with Gasteiger partial charge in [0.05, 0.1) is 18.5 Å². The smallest absolute Gasteiger partial charge is 0.282 e. The number of sulfonamides is 1. The van der Waals surface area contributed by atoms with Gasteiger partial charge in [-0.15, -0.1) is 0 Å². The topological polar surface area (TPSA) is 94.3 Å². The lowest BCUT2D eigenvalue weighted by Crippen LogP contribution is -2.16. The van der Waals surface area contributed by atoms with Gasteiger partial charge in [0.1, 0.15) is 5.75 Å². The molecule has 1 aromatic heterocycles. The first kappa shape index (κ1) is 14.1. The van der Waals surface area contributed by atoms with Crippen LogP contribution in [0.25, 0.3) is 0 Å². The van der Waals surface area contributed by atoms with Crippen LogP contribution in [-0.4, -0.2) is 20.5 Å². The molecule has 0 saturated carbocycles. The number of aromatic nitrogens is 1. The van der Waals surface area contributed by atoms with Crippen LogP contribution < -0.4 is 15.2 Å². The number of anilines is 2. The van der Waals surface area contributed by atoms with Crippen molar-refractivity contribution in [3.05, 3.63) is 42.3 Å². The first-order chi connectivity index (χ1) is 9.44. The van der Waals surface area contributed by atoms with Crippen LogP contribution in [0.1, 0.15) is 0 Å². The number of benzene rings is 1. The maximum atomic E-state index is 13.5. The van der Waals surface area contributed by atoms with E-state index in [-0.39, 0.29) is 11.4 Å². The molecule has 0 unspecified atom stereocenters. The van der Waals surface area contributed by atoms with Crippen molar-refractivity contribution in [2.24, 2.45) is 0 Å². The molecule has 0 spiro atoms. The minimum Gasteiger partial charge on any atom is -0.495 e. The minimum absolute atomic E-state index is 0.188. The zero-order valence-electron chi connectivity index (χ0n) is 10.5. The molecule has 0 saturated heterocycles. The molecule has 106 valence electrons. The van der Waals surface area contributed by atoms with Crippen molar-refractivity contribution in [3.8, 4) is 5.75 Å². The lowest BCUT2D eigenvalue weighted by Gasteiger charge is -2.10. The van der Waals surface area contributed by atoms with Gasteiger partial charge in [0.15, 0.2) is 5.82 Å². The number of pyridine rings is 1. The van der Waals surface area contributed by atoms with Crippen LogP contribution >= 0.6 is 0 Å². The highest BCUT2D eigenvalue weighted by Gasteiger charge is 2.20. The molecule has 0 fully saturated rings. The second-order valence-corrected chi connectivity index (χ2v) is 5.45. The van der Waals surface area contributed by atoms with Gasteiger partial charge in [-0.2, -0.15) is 8.42 Å². The van der Waals surface area contributed by atoms with Gasteiger partial charge in [-0.3, -0.25) is 4.72 Å². The minimum atomic E-state index is -4.11. The third-order valence-electron chi connectivity index (χ3n) is 2.46. The van der Waals surface area contributed by atoms with Gasteiger partial charge in [0, 0.05) is 6.20 Å². The quantitative estimate of drug-likeness (QED) is 0.836. The van der Waals surface area contributed by atoms with Crippen molar-refractivity contribution >= 4 is 21.4 Å². The summed E-state index contributed by atoms with van der Waals surface area (Å²) in [5, 5.41) is -0.672. The number of hydrogen-bond acceptors (Lipinski definition) is 5. The average Bonchev–Trinajstić information content (AvgIpc) is 2.38. The molecule has 8 heteroatoms. The van der Waals surface area contributed by atoms with Crippen molar-refractivity contribution in [2.45, 2.75) is 5.03 Å². The molecule has 0 atom stereocenters. The van der Waals surface area contributed by atoms with E-state index in [2.05, 4.69) is 9.71 Å². The van der Waals surface area contributed by atoms with Crippen molar-refractivity contribution in [1.82, 2.24) is 4.98 Å². The molecular weight excluding hydrogens is 285 g/mol. The zero-order valence-corrected chi connectivity index (χ0v) is 11.3. The molecular formula is C12H12FN3O3S. The Labute approximate surface area is 115 Å². The Balaban J connectivity index is 2.34. The molecule has 0 aliphatic heterocycles. The number of nitrogens with two attached hydrogens (primary N) is 1. The number of nitrogen functional groups attached to an aromatic ring is 1. The second-order valence-electron chi connectivity index (χ2n) is 3.85. The SMILES string of the molecule is COc1ccc(NS(=O)(=O)c2ncccc2F)cc1N. The highest BCUT2D eigenvalue weighted by Crippen LogP contribution is 2.26. The molecule has 0 aliphatic rings. The fraction of sp³-hybridized carbons (Fsp3) is 0.0833. The standard InChI is InChI=1S/C12H12FN3O3S/c1-19-11-5-4-8(7-10(11)14)16-20(17,18)12-9(13)3-2-6-15-12/h2-7,16H,14H2,1H3. The summed E-state index contributed by atoms with van der Waals surface area (Å²) in [6.45, 7) is 0. The van der Waals surface area contributed by atoms with E-state index in [0.717, 1.165) is 6.07 Å². The molecule has 0 radical (unpaired) electrons. The van der Waals surface area contributed by atoms with Crippen LogP contribution in [0, 0.1) is 5.82 Å². The Bertz CT molecular complexity index is 734. The second kappa shape index (κ2) is 5.33. The molecule has 0 aliphatic carbocycles. The predicted molar refractivity (Wildman–Crippen MR) is 72.4 cm³/mol. The summed E-state index contributed by atoms with van der Waals surface area (Å²) < 4.78 is 44.6. The van der Waals surface area contributed by atoms with E-state index in [1.54, 1.807) is 0 Å². The Morgan fingerprint density at radius 3 is 2.70 bits per heavy atom. The lowest BCUT2D eigenvalue weighted by atomic mass is 10.2. The van der Waals surface area contributed by atoms with E-state index < -0.39 is 20.9 Å². The van der Waals surface area contributed by atoms with Gasteiger partial charge >= 0.3 is 0 Å². The number of halogens is 1. The maximum Gasteiger partial charge on any atom is 0.282 e. The number of methoxy groups -OCH3 is 1. The van der Waals surface area contributed by atoms with Gasteiger partial charge in [-0.25, -0.2) is 9.37 Å². The summed E-state index contributed by atoms with van der Waals surface area (Å²) in [6.07, 6.45) is 1.19. The third kappa shape index (κ3) is 2.80. The van der Waals surface area contributed by atoms with E-state index in [1.807, 2.05) is 0 Å². The summed E-state index contributed by atoms with van der Waals surface area (Å²) in [5.74, 6) is -0.515. The molecule has 2 rings (SSSR count). The first-order valence-corrected chi connectivity index (χ1v) is 6.99. The normalized spacial score (nSPS) is 11.1. The van der Waals surface area contributed by atoms with Crippen LogP contribution in [0.3, 0.4) is 0 Å². The van der Waals surface area contributed by atoms with Crippen molar-refractivity contribution in [1.29, 1.82) is 0 Å². The van der Waals surface area contributed by atoms with Gasteiger partial charge in [0.2, 0.25) is 5.03 Å². The van der Waals surface area contributed by atoms with Gasteiger partial charge in [-0.05, 0) is 30.3 Å². The van der Waals surface area contributed by atoms with Gasteiger partial charge in [-0.1, -0.05) is 0 Å². The summed E-state index contributed by atoms with van der Waals surface area (Å²) in [7, 11) is -2.67. The van der Waals surface area contributed by atoms with E-state index in [1.165, 1.54) is 37.6 Å². The summed E-state index contributed by atoms with van der Waals surface area (Å²) in [5.41, 5.74) is 6.12. The lowest BCUT2D eigenvalue weighted by molar-refractivity contribution is 0.417. The maximum absolute atomic E-state index is 13.5. The highest BCUT2D eigenvalue weighted by atomic mass is 32.2. The van der Waals surface area contributed by atoms with Gasteiger partial charge in [0.25, 0.3) is 10.0 Å². The third-order valence-corrected chi connectivity index (χ3v) is 3.78. The molecule has 6 nitrogen and oxygen atoms in total. The number of nitrogens with zero attached hydrogens (tertiary/aromatic N) is 1. The fourth-order valence-corrected chi connectivity index (χ4v) is 2.63. The molecule has 0 bridgehead atoms. The fourth-order valence-electron chi connectivity index (χ4n) is 1.57. The summed E-state index contributed by atoms with van der Waals surface area (Å²) >= 11 is 0. The Morgan fingerprint density at radius 2 is 2.10 bits per heavy atom. The van der Waals surface area contributed by atoms with Crippen LogP contribution in [0.2, 0.25) is 0 Å². The number of ether oxygens (including phenoxy) is 1. The molecule has 20 heavy (non-hydrogen) atoms. The van der Waals surface area contributed by atoms with Crippen LogP contribution in [0.5, 0.6) is 5.75 Å². The predicted octanol–water partition coefficient (Wildman–Crippen LogP) is 1.61. The number of rotatable bonds is 4. The Kier molecular flexibility index (Phi) is 3.75. The molecule has 3 N–H and O–H groups in total. The average molecular weight is 297 g/mol. The van der Waals surface area contributed by atoms with Crippen LogP contribution in [0.15, 0.2) is 41.6 Å². The monoisotopic (exact) mass is 297 g/mol. The van der Waals surface area contributed by atoms with E-state index >= 15 is 0 Å². The zero-order chi connectivity index (χ0) is 14.8. The van der Waals surface area contributed by atoms with Gasteiger partial charge < -0.3 is 10.5 Å². The molecule has 1 aromatic carbocycles. The van der Waals surface area contributed by atoms with Crippen molar-refractivity contribution < 1.29 is 17.5 Å². The van der Waals surface area contributed by atoms with E-state index in [9.17, 15) is 12.8 Å². The van der Waals surface area contributed by atoms with Crippen LogP contribution in [0.4, 0.5) is 15.8 Å². The molecule has 0 amide bonds. The summed E-state index contributed by atoms with van der Waals surface area (Å²) in [6, 6.07) is 6.65. The Morgan fingerprint density at radius 1 is 1.35 bits per heavy atom. The van der Waals surface area contributed by atoms with Crippen LogP contribution in [-0.2, 0) is 10.0 Å².